The van der Waals surface area contributed by atoms with E-state index < -0.39 is 11.5 Å². The fourth-order valence-corrected chi connectivity index (χ4v) is 6.09. The molecule has 1 N–H and O–H groups in total. The number of imidazole rings is 1. The summed E-state index contributed by atoms with van der Waals surface area (Å²) in [5.74, 6) is -1.81. The number of alkyl halides is 2. The van der Waals surface area contributed by atoms with Crippen LogP contribution in [-0.2, 0) is 11.2 Å². The molecule has 238 valence electrons. The minimum Gasteiger partial charge on any atom is -0.493 e. The number of H-pyrrole nitrogens is 1. The zero-order chi connectivity index (χ0) is 31.9. The molecule has 1 saturated heterocycles. The summed E-state index contributed by atoms with van der Waals surface area (Å²) in [7, 11) is 1.52. The Morgan fingerprint density at radius 1 is 1.09 bits per heavy atom. The number of pyridine rings is 1. The van der Waals surface area contributed by atoms with Crippen molar-refractivity contribution in [3.05, 3.63) is 65.6 Å². The molecule has 2 aliphatic rings. The van der Waals surface area contributed by atoms with Crippen LogP contribution in [0.25, 0.3) is 22.3 Å². The molecule has 12 heteroatoms. The third-order valence-corrected chi connectivity index (χ3v) is 8.50. The lowest BCUT2D eigenvalue weighted by atomic mass is 9.78. The van der Waals surface area contributed by atoms with E-state index in [0.717, 1.165) is 46.8 Å². The molecule has 1 saturated carbocycles. The van der Waals surface area contributed by atoms with Crippen molar-refractivity contribution in [1.82, 2.24) is 34.7 Å². The first-order chi connectivity index (χ1) is 21.4. The number of aromatic nitrogens is 5. The van der Waals surface area contributed by atoms with Gasteiger partial charge in [0.1, 0.15) is 23.4 Å². The van der Waals surface area contributed by atoms with E-state index in [1.807, 2.05) is 51.2 Å². The quantitative estimate of drug-likeness (QED) is 0.263. The van der Waals surface area contributed by atoms with Crippen molar-refractivity contribution in [2.75, 3.05) is 33.3 Å². The summed E-state index contributed by atoms with van der Waals surface area (Å²) in [6, 6.07) is 10.1. The van der Waals surface area contributed by atoms with E-state index in [4.69, 9.17) is 14.5 Å². The van der Waals surface area contributed by atoms with Crippen LogP contribution in [0.3, 0.4) is 0 Å². The predicted octanol–water partition coefficient (Wildman–Crippen LogP) is 6.14. The van der Waals surface area contributed by atoms with Crippen molar-refractivity contribution in [3.63, 3.8) is 0 Å². The number of halogens is 2. The van der Waals surface area contributed by atoms with Crippen molar-refractivity contribution in [2.24, 2.45) is 0 Å². The molecule has 0 bridgehead atoms. The van der Waals surface area contributed by atoms with Gasteiger partial charge >= 0.3 is 6.09 Å². The zero-order valence-corrected chi connectivity index (χ0v) is 26.3. The van der Waals surface area contributed by atoms with Crippen molar-refractivity contribution in [2.45, 2.75) is 70.4 Å². The second-order valence-corrected chi connectivity index (χ2v) is 13.0. The summed E-state index contributed by atoms with van der Waals surface area (Å²) < 4.78 is 38.3. The molecule has 4 heterocycles. The normalized spacial score (nSPS) is 18.1. The Morgan fingerprint density at radius 3 is 2.53 bits per heavy atom. The minimum absolute atomic E-state index is 0.157. The van der Waals surface area contributed by atoms with Crippen LogP contribution in [0.15, 0.2) is 42.9 Å². The molecule has 0 radical (unpaired) electrons. The highest BCUT2D eigenvalue weighted by Gasteiger charge is 2.48. The van der Waals surface area contributed by atoms with Crippen LogP contribution in [0.4, 0.5) is 13.6 Å². The minimum atomic E-state index is -2.66. The number of carbonyl (C=O) groups excluding carboxylic acids is 1. The molecule has 0 spiro atoms. The molecular formula is C33H39F2N7O3. The Balaban J connectivity index is 1.14. The molecule has 4 aromatic rings. The molecule has 1 amide bonds. The van der Waals surface area contributed by atoms with E-state index in [0.29, 0.717) is 36.6 Å². The molecule has 1 atom stereocenters. The standard InChI is InChI=1S/C33H39F2N7O3/c1-20(41-10-12-42(13-11-41)31(43)45-32(2,3)4)21-8-9-36-24(14-21)16-27-39-25-7-6-22(15-26(25)40-27)28-30(44-5)29(38-19-37-28)23-17-33(34,35)18-23/h6-9,14-15,19-20,23H,10-13,16-18H2,1-5H3,(H,39,40). The van der Waals surface area contributed by atoms with E-state index in [1.54, 1.807) is 4.90 Å². The molecular weight excluding hydrogens is 580 g/mol. The van der Waals surface area contributed by atoms with Crippen LogP contribution in [0.1, 0.15) is 75.3 Å². The van der Waals surface area contributed by atoms with Crippen LogP contribution >= 0.6 is 0 Å². The van der Waals surface area contributed by atoms with Crippen LogP contribution in [0.5, 0.6) is 5.75 Å². The Bertz CT molecular complexity index is 1690. The fourth-order valence-electron chi connectivity index (χ4n) is 6.09. The van der Waals surface area contributed by atoms with Gasteiger partial charge in [-0.25, -0.2) is 28.5 Å². The number of methoxy groups -OCH3 is 1. The van der Waals surface area contributed by atoms with Gasteiger partial charge in [0.25, 0.3) is 0 Å². The number of nitrogens with zero attached hydrogens (tertiary/aromatic N) is 6. The monoisotopic (exact) mass is 619 g/mol. The van der Waals surface area contributed by atoms with Crippen molar-refractivity contribution < 1.29 is 23.0 Å². The summed E-state index contributed by atoms with van der Waals surface area (Å²) in [6.45, 7) is 10.6. The number of benzene rings is 1. The number of hydrogen-bond acceptors (Lipinski definition) is 8. The maximum atomic E-state index is 13.6. The van der Waals surface area contributed by atoms with Gasteiger partial charge < -0.3 is 19.4 Å². The smallest absolute Gasteiger partial charge is 0.410 e. The van der Waals surface area contributed by atoms with E-state index in [-0.39, 0.29) is 30.9 Å². The number of carbonyl (C=O) groups is 1. The number of piperazine rings is 1. The van der Waals surface area contributed by atoms with Gasteiger partial charge in [-0.05, 0) is 57.5 Å². The summed E-state index contributed by atoms with van der Waals surface area (Å²) >= 11 is 0. The molecule has 3 aromatic heterocycles. The summed E-state index contributed by atoms with van der Waals surface area (Å²) in [6.07, 6.45) is 3.03. The lowest BCUT2D eigenvalue weighted by Crippen LogP contribution is -2.50. The largest absolute Gasteiger partial charge is 0.493 e. The maximum Gasteiger partial charge on any atom is 0.410 e. The van der Waals surface area contributed by atoms with Crippen LogP contribution in [-0.4, -0.2) is 85.6 Å². The molecule has 1 aliphatic carbocycles. The average molecular weight is 620 g/mol. The third kappa shape index (κ3) is 6.75. The van der Waals surface area contributed by atoms with Crippen molar-refractivity contribution in [1.29, 1.82) is 0 Å². The number of ether oxygens (including phenoxy) is 2. The number of fused-ring (bicyclic) bond motifs is 1. The van der Waals surface area contributed by atoms with Crippen LogP contribution in [0, 0.1) is 0 Å². The number of hydrogen-bond donors (Lipinski definition) is 1. The molecule has 1 unspecified atom stereocenters. The fraction of sp³-hybridized carbons (Fsp3) is 0.485. The first-order valence-corrected chi connectivity index (χ1v) is 15.3. The highest BCUT2D eigenvalue weighted by molar-refractivity contribution is 5.82. The Kier molecular flexibility index (Phi) is 8.19. The number of aromatic amines is 1. The SMILES string of the molecule is COc1c(-c2ccc3nc(Cc4cc(C(C)N5CCN(C(=O)OC(C)(C)C)CC5)ccn4)[nH]c3c2)ncnc1C1CC(F)(F)C1. The van der Waals surface area contributed by atoms with Crippen LogP contribution in [0.2, 0.25) is 0 Å². The number of nitrogens with one attached hydrogen (secondary N) is 1. The summed E-state index contributed by atoms with van der Waals surface area (Å²) in [4.78, 5) is 38.1. The lowest BCUT2D eigenvalue weighted by Gasteiger charge is -2.38. The van der Waals surface area contributed by atoms with Gasteiger partial charge in [-0.15, -0.1) is 0 Å². The molecule has 2 fully saturated rings. The lowest BCUT2D eigenvalue weighted by molar-refractivity contribution is -0.0879. The van der Waals surface area contributed by atoms with Crippen molar-refractivity contribution >= 4 is 17.1 Å². The molecule has 6 rings (SSSR count). The highest BCUT2D eigenvalue weighted by atomic mass is 19.3. The van der Waals surface area contributed by atoms with Crippen LogP contribution < -0.4 is 4.74 Å². The van der Waals surface area contributed by atoms with E-state index in [1.165, 1.54) is 13.4 Å². The van der Waals surface area contributed by atoms with Gasteiger partial charge in [0.15, 0.2) is 5.75 Å². The molecule has 1 aliphatic heterocycles. The molecule has 1 aromatic carbocycles. The second-order valence-electron chi connectivity index (χ2n) is 13.0. The number of amides is 1. The Hall–Kier alpha value is -4.19. The first-order valence-electron chi connectivity index (χ1n) is 15.3. The topological polar surface area (TPSA) is 109 Å². The zero-order valence-electron chi connectivity index (χ0n) is 26.3. The summed E-state index contributed by atoms with van der Waals surface area (Å²) in [5.41, 5.74) is 5.02. The Labute approximate surface area is 261 Å². The first kappa shape index (κ1) is 30.8. The Morgan fingerprint density at radius 2 is 1.84 bits per heavy atom. The average Bonchev–Trinajstić information content (AvgIpc) is 3.39. The second kappa shape index (κ2) is 12.0. The predicted molar refractivity (Wildman–Crippen MR) is 165 cm³/mol. The molecule has 10 nitrogen and oxygen atoms in total. The van der Waals surface area contributed by atoms with Crippen molar-refractivity contribution in [3.8, 4) is 17.0 Å². The third-order valence-electron chi connectivity index (χ3n) is 8.50. The van der Waals surface area contributed by atoms with Gasteiger partial charge in [-0.2, -0.15) is 0 Å². The maximum absolute atomic E-state index is 13.6. The highest BCUT2D eigenvalue weighted by Crippen LogP contribution is 2.50. The van der Waals surface area contributed by atoms with E-state index in [9.17, 15) is 13.6 Å². The summed E-state index contributed by atoms with van der Waals surface area (Å²) in [5, 5.41) is 0. The molecule has 45 heavy (non-hydrogen) atoms. The van der Waals surface area contributed by atoms with Gasteiger partial charge in [-0.1, -0.05) is 6.07 Å². The van der Waals surface area contributed by atoms with Gasteiger partial charge in [0.05, 0.1) is 23.8 Å². The van der Waals surface area contributed by atoms with E-state index in [2.05, 4.69) is 37.8 Å². The van der Waals surface area contributed by atoms with Gasteiger partial charge in [-0.3, -0.25) is 9.88 Å². The number of rotatable bonds is 7. The van der Waals surface area contributed by atoms with Gasteiger partial charge in [0, 0.05) is 74.9 Å². The van der Waals surface area contributed by atoms with Gasteiger partial charge in [0.2, 0.25) is 5.92 Å². The van der Waals surface area contributed by atoms with E-state index >= 15 is 0 Å².